The van der Waals surface area contributed by atoms with Gasteiger partial charge in [-0.2, -0.15) is 0 Å². The van der Waals surface area contributed by atoms with Crippen LogP contribution in [0.3, 0.4) is 0 Å². The van der Waals surface area contributed by atoms with E-state index < -0.39 is 8.07 Å². The maximum absolute atomic E-state index is 17.0. The molecule has 1 aliphatic heterocycles. The highest BCUT2D eigenvalue weighted by Gasteiger charge is 2.36. The molecule has 0 atom stereocenters. The van der Waals surface area contributed by atoms with Crippen LogP contribution < -0.4 is 20.2 Å². The smallest absolute Gasteiger partial charge is 0.148 e. The fourth-order valence-corrected chi connectivity index (χ4v) is 12.9. The molecule has 0 aromatic heterocycles. The number of nitrogens with zero attached hydrogens (tertiary/aromatic N) is 2. The zero-order chi connectivity index (χ0) is 43.2. The van der Waals surface area contributed by atoms with Crippen molar-refractivity contribution in [3.05, 3.63) is 242 Å². The van der Waals surface area contributed by atoms with Crippen LogP contribution in [-0.2, 0) is 0 Å². The molecule has 0 N–H and O–H groups in total. The first kappa shape index (κ1) is 39.1. The zero-order valence-corrected chi connectivity index (χ0v) is 36.8. The quantitative estimate of drug-likeness (QED) is 0.134. The van der Waals surface area contributed by atoms with E-state index in [0.717, 1.165) is 50.6 Å². The topological polar surface area (TPSA) is 6.48 Å². The van der Waals surface area contributed by atoms with Crippen LogP contribution in [0.15, 0.2) is 237 Å². The summed E-state index contributed by atoms with van der Waals surface area (Å²) in [6.45, 7) is 4.99. The average molecular weight is 841 g/mol. The van der Waals surface area contributed by atoms with Crippen LogP contribution in [0.1, 0.15) is 0 Å². The molecule has 0 fully saturated rings. The van der Waals surface area contributed by atoms with E-state index in [-0.39, 0.29) is 5.82 Å². The highest BCUT2D eigenvalue weighted by molar-refractivity contribution is 7.03. The SMILES string of the molecule is C[Si]1(C)c2cc(-c3ccc(N(c4ccccc4)c4c(F)cc(-c5ccccc5)cc4-c4ccccc4)cc3)ccc2-c2ccc(N(c3ccccc3)c3ccccc3)c3cccc1c23. The lowest BCUT2D eigenvalue weighted by Crippen LogP contribution is -2.55. The molecule has 0 saturated heterocycles. The van der Waals surface area contributed by atoms with E-state index in [1.54, 1.807) is 6.07 Å². The molecule has 0 unspecified atom stereocenters. The van der Waals surface area contributed by atoms with Gasteiger partial charge in [-0.3, -0.25) is 0 Å². The number of hydrogen-bond acceptors (Lipinski definition) is 2. The van der Waals surface area contributed by atoms with E-state index in [1.807, 2.05) is 78.9 Å². The van der Waals surface area contributed by atoms with Crippen LogP contribution in [0.25, 0.3) is 55.3 Å². The van der Waals surface area contributed by atoms with Gasteiger partial charge in [0.05, 0.1) is 11.4 Å². The number of para-hydroxylation sites is 3. The Morgan fingerprint density at radius 1 is 0.344 bits per heavy atom. The second-order valence-corrected chi connectivity index (χ2v) is 21.4. The summed E-state index contributed by atoms with van der Waals surface area (Å²) in [5.41, 5.74) is 14.2. The summed E-state index contributed by atoms with van der Waals surface area (Å²) < 4.78 is 17.0. The third kappa shape index (κ3) is 6.80. The standard InChI is InChI=1S/C60H45FN2Si/c1-64(2)57-30-18-29-53-56(62(47-23-12-5-13-24-47)48-25-14-6-15-26-48)38-37-52(59(53)57)51-36-33-45(41-58(51)64)43-31-34-50(35-32-43)63(49-27-16-7-17-28-49)60-54(44-21-10-4-11-22-44)39-46(40-55(60)61)42-19-8-3-9-20-42/h3-41H,1-2H3. The van der Waals surface area contributed by atoms with Gasteiger partial charge in [-0.15, -0.1) is 0 Å². The fraction of sp³-hybridized carbons (Fsp3) is 0.0333. The summed E-state index contributed by atoms with van der Waals surface area (Å²) in [5, 5.41) is 5.51. The Balaban J connectivity index is 1.00. The molecule has 64 heavy (non-hydrogen) atoms. The third-order valence-electron chi connectivity index (χ3n) is 12.9. The lowest BCUT2D eigenvalue weighted by molar-refractivity contribution is 0.630. The van der Waals surface area contributed by atoms with Crippen LogP contribution in [-0.4, -0.2) is 8.07 Å². The number of halogens is 1. The minimum Gasteiger partial charge on any atom is -0.310 e. The summed E-state index contributed by atoms with van der Waals surface area (Å²) in [6.07, 6.45) is 0. The predicted molar refractivity (Wildman–Crippen MR) is 272 cm³/mol. The van der Waals surface area contributed by atoms with Crippen LogP contribution in [0, 0.1) is 5.82 Å². The number of hydrogen-bond donors (Lipinski definition) is 0. The van der Waals surface area contributed by atoms with Crippen molar-refractivity contribution in [1.29, 1.82) is 0 Å². The molecule has 0 amide bonds. The van der Waals surface area contributed by atoms with E-state index in [1.165, 1.54) is 43.5 Å². The molecule has 0 saturated carbocycles. The molecule has 306 valence electrons. The number of fused-ring (bicyclic) bond motifs is 2. The second-order valence-electron chi connectivity index (χ2n) is 17.1. The van der Waals surface area contributed by atoms with Crippen molar-refractivity contribution in [2.24, 2.45) is 0 Å². The van der Waals surface area contributed by atoms with Crippen molar-refractivity contribution >= 4 is 63.3 Å². The molecular weight excluding hydrogens is 796 g/mol. The summed E-state index contributed by atoms with van der Waals surface area (Å²) in [7, 11) is -2.20. The van der Waals surface area contributed by atoms with Crippen molar-refractivity contribution in [1.82, 2.24) is 0 Å². The molecule has 4 heteroatoms. The first-order valence-electron chi connectivity index (χ1n) is 22.0. The monoisotopic (exact) mass is 840 g/mol. The Morgan fingerprint density at radius 3 is 1.45 bits per heavy atom. The van der Waals surface area contributed by atoms with Crippen LogP contribution in [0.5, 0.6) is 0 Å². The van der Waals surface area contributed by atoms with Crippen molar-refractivity contribution < 1.29 is 4.39 Å². The number of anilines is 6. The molecule has 0 bridgehead atoms. The van der Waals surface area contributed by atoms with Crippen molar-refractivity contribution in [2.75, 3.05) is 9.80 Å². The molecule has 2 nitrogen and oxygen atoms in total. The minimum atomic E-state index is -2.20. The first-order chi connectivity index (χ1) is 31.4. The highest BCUT2D eigenvalue weighted by atomic mass is 28.3. The van der Waals surface area contributed by atoms with Gasteiger partial charge in [0.2, 0.25) is 0 Å². The highest BCUT2D eigenvalue weighted by Crippen LogP contribution is 2.46. The maximum atomic E-state index is 17.0. The van der Waals surface area contributed by atoms with E-state index in [4.69, 9.17) is 0 Å². The molecule has 0 radical (unpaired) electrons. The van der Waals surface area contributed by atoms with E-state index in [9.17, 15) is 0 Å². The van der Waals surface area contributed by atoms with Gasteiger partial charge in [-0.05, 0) is 121 Å². The van der Waals surface area contributed by atoms with Crippen LogP contribution >= 0.6 is 0 Å². The van der Waals surface area contributed by atoms with Crippen molar-refractivity contribution in [3.63, 3.8) is 0 Å². The van der Waals surface area contributed by atoms with Crippen LogP contribution in [0.2, 0.25) is 13.1 Å². The Kier molecular flexibility index (Phi) is 9.86. The maximum Gasteiger partial charge on any atom is 0.148 e. The zero-order valence-electron chi connectivity index (χ0n) is 35.8. The van der Waals surface area contributed by atoms with Gasteiger partial charge in [0.25, 0.3) is 0 Å². The van der Waals surface area contributed by atoms with Crippen LogP contribution in [0.4, 0.5) is 38.5 Å². The fourth-order valence-electron chi connectivity index (χ4n) is 9.78. The molecule has 11 rings (SSSR count). The Morgan fingerprint density at radius 2 is 0.844 bits per heavy atom. The number of rotatable bonds is 9. The van der Waals surface area contributed by atoms with Gasteiger partial charge >= 0.3 is 0 Å². The van der Waals surface area contributed by atoms with Gasteiger partial charge in [-0.1, -0.05) is 183 Å². The molecule has 1 heterocycles. The Hall–Kier alpha value is -7.79. The summed E-state index contributed by atoms with van der Waals surface area (Å²) in [5.74, 6) is -0.287. The largest absolute Gasteiger partial charge is 0.310 e. The van der Waals surface area contributed by atoms with Gasteiger partial charge in [0.15, 0.2) is 0 Å². The molecule has 1 aliphatic rings. The molecule has 0 aliphatic carbocycles. The van der Waals surface area contributed by atoms with Crippen molar-refractivity contribution in [3.8, 4) is 44.5 Å². The van der Waals surface area contributed by atoms with Gasteiger partial charge in [0, 0.05) is 33.7 Å². The lowest BCUT2D eigenvalue weighted by Gasteiger charge is -2.35. The average Bonchev–Trinajstić information content (AvgIpc) is 3.36. The third-order valence-corrected chi connectivity index (χ3v) is 16.4. The first-order valence-corrected chi connectivity index (χ1v) is 25.0. The number of benzene rings is 10. The Bertz CT molecular complexity index is 3240. The molecule has 10 aromatic rings. The summed E-state index contributed by atoms with van der Waals surface area (Å²) in [6, 6.07) is 82.7. The molecular formula is C60H45FN2Si. The molecule has 0 spiro atoms. The second kappa shape index (κ2) is 16.2. The van der Waals surface area contributed by atoms with Gasteiger partial charge in [0.1, 0.15) is 13.9 Å². The molecule has 10 aromatic carbocycles. The van der Waals surface area contributed by atoms with E-state index >= 15 is 4.39 Å². The predicted octanol–water partition coefficient (Wildman–Crippen LogP) is 15.7. The Labute approximate surface area is 375 Å². The van der Waals surface area contributed by atoms with Gasteiger partial charge < -0.3 is 9.80 Å². The lowest BCUT2D eigenvalue weighted by atomic mass is 9.93. The summed E-state index contributed by atoms with van der Waals surface area (Å²) in [4.78, 5) is 4.44. The minimum absolute atomic E-state index is 0.287. The van der Waals surface area contributed by atoms with Gasteiger partial charge in [-0.25, -0.2) is 4.39 Å². The van der Waals surface area contributed by atoms with E-state index in [0.29, 0.717) is 5.69 Å². The normalized spacial score (nSPS) is 12.4. The van der Waals surface area contributed by atoms with Crippen molar-refractivity contribution in [2.45, 2.75) is 13.1 Å². The summed E-state index contributed by atoms with van der Waals surface area (Å²) >= 11 is 0. The van der Waals surface area contributed by atoms with E-state index in [2.05, 4.69) is 175 Å².